The van der Waals surface area contributed by atoms with E-state index in [9.17, 15) is 9.59 Å². The number of para-hydroxylation sites is 2. The molecule has 3 rings (SSSR count). The summed E-state index contributed by atoms with van der Waals surface area (Å²) in [6.07, 6.45) is 0.333. The van der Waals surface area contributed by atoms with E-state index in [0.717, 1.165) is 15.5 Å². The van der Waals surface area contributed by atoms with Gasteiger partial charge in [-0.2, -0.15) is 0 Å². The van der Waals surface area contributed by atoms with Gasteiger partial charge >= 0.3 is 0 Å². The van der Waals surface area contributed by atoms with Crippen LogP contribution in [0.5, 0.6) is 0 Å². The molecule has 3 aromatic rings. The molecule has 0 aliphatic carbocycles. The van der Waals surface area contributed by atoms with Crippen LogP contribution in [0, 0.1) is 0 Å². The van der Waals surface area contributed by atoms with E-state index in [0.29, 0.717) is 11.4 Å². The van der Waals surface area contributed by atoms with E-state index >= 15 is 0 Å². The molecule has 25 heavy (non-hydrogen) atoms. The second-order valence-electron chi connectivity index (χ2n) is 5.86. The lowest BCUT2D eigenvalue weighted by Gasteiger charge is -2.11. The number of nitrogens with zero attached hydrogens (tertiary/aromatic N) is 1. The minimum atomic E-state index is -0.248. The van der Waals surface area contributed by atoms with Gasteiger partial charge in [-0.25, -0.2) is 4.98 Å². The number of benzene rings is 2. The maximum atomic E-state index is 12.1. The molecular weight excluding hydrogens is 382 g/mol. The molecule has 0 radical (unpaired) electrons. The maximum absolute atomic E-state index is 12.1. The van der Waals surface area contributed by atoms with Crippen LogP contribution in [0.4, 0.5) is 0 Å². The molecule has 0 aliphatic heterocycles. The number of halogens is 1. The van der Waals surface area contributed by atoms with E-state index in [2.05, 4.69) is 31.2 Å². The number of hydrogen-bond acceptors (Lipinski definition) is 3. The third-order valence-corrected chi connectivity index (χ3v) is 4.47. The molecule has 0 bridgehead atoms. The van der Waals surface area contributed by atoms with Crippen molar-refractivity contribution in [2.75, 3.05) is 0 Å². The first-order valence-corrected chi connectivity index (χ1v) is 8.85. The summed E-state index contributed by atoms with van der Waals surface area (Å²) in [6.45, 7) is 1.87. The van der Waals surface area contributed by atoms with Gasteiger partial charge in [0.2, 0.25) is 5.91 Å². The van der Waals surface area contributed by atoms with Crippen LogP contribution in [0.1, 0.15) is 42.0 Å². The van der Waals surface area contributed by atoms with Gasteiger partial charge in [0.25, 0.3) is 0 Å². The fraction of sp³-hybridized carbons (Fsp3) is 0.211. The highest BCUT2D eigenvalue weighted by Gasteiger charge is 2.15. The van der Waals surface area contributed by atoms with Crippen molar-refractivity contribution in [2.24, 2.45) is 0 Å². The summed E-state index contributed by atoms with van der Waals surface area (Å²) in [4.78, 5) is 31.9. The Morgan fingerprint density at radius 3 is 2.56 bits per heavy atom. The second-order valence-corrected chi connectivity index (χ2v) is 6.77. The molecular formula is C19H18BrN3O2. The monoisotopic (exact) mass is 399 g/mol. The van der Waals surface area contributed by atoms with Gasteiger partial charge < -0.3 is 10.3 Å². The summed E-state index contributed by atoms with van der Waals surface area (Å²) in [5.74, 6) is 0.492. The number of aromatic nitrogens is 2. The molecule has 0 fully saturated rings. The van der Waals surface area contributed by atoms with Gasteiger partial charge in [0.05, 0.1) is 17.1 Å². The number of hydrogen-bond donors (Lipinski definition) is 2. The zero-order valence-electron chi connectivity index (χ0n) is 13.8. The van der Waals surface area contributed by atoms with Crippen LogP contribution in [0.3, 0.4) is 0 Å². The normalized spacial score (nSPS) is 12.1. The zero-order chi connectivity index (χ0) is 17.8. The van der Waals surface area contributed by atoms with Crippen molar-refractivity contribution in [3.05, 3.63) is 64.4 Å². The lowest BCUT2D eigenvalue weighted by Crippen LogP contribution is -2.27. The van der Waals surface area contributed by atoms with Crippen LogP contribution >= 0.6 is 15.9 Å². The highest BCUT2D eigenvalue weighted by molar-refractivity contribution is 9.10. The molecule has 1 aromatic heterocycles. The molecule has 0 aliphatic rings. The molecule has 2 aromatic carbocycles. The minimum absolute atomic E-state index is 0.0426. The van der Waals surface area contributed by atoms with Crippen LogP contribution in [-0.4, -0.2) is 21.7 Å². The molecule has 0 spiro atoms. The first-order chi connectivity index (χ1) is 12.0. The van der Waals surface area contributed by atoms with Crippen LogP contribution in [0.25, 0.3) is 11.0 Å². The van der Waals surface area contributed by atoms with Gasteiger partial charge in [-0.15, -0.1) is 0 Å². The number of carbonyl (C=O) groups excluding carboxylic acids is 2. The fourth-order valence-corrected chi connectivity index (χ4v) is 2.83. The molecule has 1 atom stereocenters. The number of nitrogens with one attached hydrogen (secondary N) is 2. The van der Waals surface area contributed by atoms with E-state index in [1.54, 1.807) is 12.1 Å². The number of amides is 1. The van der Waals surface area contributed by atoms with Crippen molar-refractivity contribution in [3.8, 4) is 0 Å². The second kappa shape index (κ2) is 7.61. The van der Waals surface area contributed by atoms with Crippen LogP contribution in [0.2, 0.25) is 0 Å². The molecule has 2 N–H and O–H groups in total. The number of carbonyl (C=O) groups is 2. The Balaban J connectivity index is 1.54. The van der Waals surface area contributed by atoms with Crippen LogP contribution in [-0.2, 0) is 4.79 Å². The topological polar surface area (TPSA) is 74.8 Å². The summed E-state index contributed by atoms with van der Waals surface area (Å²) in [5.41, 5.74) is 2.41. The molecule has 5 nitrogen and oxygen atoms in total. The average Bonchev–Trinajstić information content (AvgIpc) is 3.04. The standard InChI is InChI=1S/C19H18BrN3O2/c1-12(19-22-15-4-2-3-5-16(15)23-19)21-18(25)11-10-17(24)13-6-8-14(20)9-7-13/h2-9,12H,10-11H2,1H3,(H,21,25)(H,22,23). The fourth-order valence-electron chi connectivity index (χ4n) is 2.57. The van der Waals surface area contributed by atoms with E-state index in [4.69, 9.17) is 0 Å². The summed E-state index contributed by atoms with van der Waals surface area (Å²) < 4.78 is 0.918. The van der Waals surface area contributed by atoms with Crippen molar-refractivity contribution in [3.63, 3.8) is 0 Å². The molecule has 0 saturated carbocycles. The Morgan fingerprint density at radius 2 is 1.84 bits per heavy atom. The maximum Gasteiger partial charge on any atom is 0.221 e. The summed E-state index contributed by atoms with van der Waals surface area (Å²) in [5, 5.41) is 2.88. The number of rotatable bonds is 6. The van der Waals surface area contributed by atoms with Gasteiger partial charge in [-0.05, 0) is 31.2 Å². The Bertz CT molecular complexity index is 869. The largest absolute Gasteiger partial charge is 0.346 e. The summed E-state index contributed by atoms with van der Waals surface area (Å²) >= 11 is 3.33. The number of fused-ring (bicyclic) bond motifs is 1. The van der Waals surface area contributed by atoms with Crippen molar-refractivity contribution >= 4 is 38.7 Å². The lowest BCUT2D eigenvalue weighted by atomic mass is 10.1. The molecule has 128 valence electrons. The Morgan fingerprint density at radius 1 is 1.12 bits per heavy atom. The molecule has 0 saturated heterocycles. The van der Waals surface area contributed by atoms with Crippen LogP contribution in [0.15, 0.2) is 53.0 Å². The summed E-state index contributed by atoms with van der Waals surface area (Å²) in [7, 11) is 0. The van der Waals surface area contributed by atoms with Crippen LogP contribution < -0.4 is 5.32 Å². The van der Waals surface area contributed by atoms with E-state index in [1.165, 1.54) is 0 Å². The first-order valence-electron chi connectivity index (χ1n) is 8.05. The lowest BCUT2D eigenvalue weighted by molar-refractivity contribution is -0.121. The third-order valence-electron chi connectivity index (χ3n) is 3.94. The highest BCUT2D eigenvalue weighted by Crippen LogP contribution is 2.16. The van der Waals surface area contributed by atoms with Gasteiger partial charge in [-0.1, -0.05) is 40.2 Å². The number of imidazole rings is 1. The first kappa shape index (κ1) is 17.4. The predicted octanol–water partition coefficient (Wildman–Crippen LogP) is 4.17. The molecule has 1 heterocycles. The van der Waals surface area contributed by atoms with Crippen molar-refractivity contribution in [1.82, 2.24) is 15.3 Å². The van der Waals surface area contributed by atoms with E-state index in [1.807, 2.05) is 43.3 Å². The van der Waals surface area contributed by atoms with Crippen molar-refractivity contribution in [1.29, 1.82) is 0 Å². The van der Waals surface area contributed by atoms with Crippen molar-refractivity contribution < 1.29 is 9.59 Å². The van der Waals surface area contributed by atoms with Gasteiger partial charge in [0, 0.05) is 22.9 Å². The Labute approximate surface area is 154 Å². The predicted molar refractivity (Wildman–Crippen MR) is 100 cm³/mol. The average molecular weight is 400 g/mol. The summed E-state index contributed by atoms with van der Waals surface area (Å²) in [6, 6.07) is 14.6. The zero-order valence-corrected chi connectivity index (χ0v) is 15.3. The number of ketones is 1. The number of H-pyrrole nitrogens is 1. The highest BCUT2D eigenvalue weighted by atomic mass is 79.9. The molecule has 1 amide bonds. The quantitative estimate of drug-likeness (QED) is 0.610. The number of aromatic amines is 1. The Hall–Kier alpha value is -2.47. The van der Waals surface area contributed by atoms with E-state index < -0.39 is 0 Å². The Kier molecular flexibility index (Phi) is 5.28. The minimum Gasteiger partial charge on any atom is -0.346 e. The van der Waals surface area contributed by atoms with E-state index in [-0.39, 0.29) is 30.6 Å². The SMILES string of the molecule is CC(NC(=O)CCC(=O)c1ccc(Br)cc1)c1nc2ccccc2[nH]1. The molecule has 1 unspecified atom stereocenters. The molecule has 6 heteroatoms. The number of Topliss-reactive ketones (excluding diaryl/α,β-unsaturated/α-hetero) is 1. The van der Waals surface area contributed by atoms with Crippen molar-refractivity contribution in [2.45, 2.75) is 25.8 Å². The third kappa shape index (κ3) is 4.33. The van der Waals surface area contributed by atoms with Gasteiger partial charge in [0.15, 0.2) is 5.78 Å². The van der Waals surface area contributed by atoms with Gasteiger partial charge in [0.1, 0.15) is 5.82 Å². The smallest absolute Gasteiger partial charge is 0.221 e. The van der Waals surface area contributed by atoms with Gasteiger partial charge in [-0.3, -0.25) is 9.59 Å².